The summed E-state index contributed by atoms with van der Waals surface area (Å²) >= 11 is 1.47. The van der Waals surface area contributed by atoms with E-state index in [2.05, 4.69) is 18.2 Å². The van der Waals surface area contributed by atoms with Gasteiger partial charge in [0.05, 0.1) is 10.9 Å². The van der Waals surface area contributed by atoms with Gasteiger partial charge in [0.25, 0.3) is 11.8 Å². The first-order chi connectivity index (χ1) is 18.1. The van der Waals surface area contributed by atoms with Crippen LogP contribution in [0.2, 0.25) is 0 Å². The first-order valence-corrected chi connectivity index (χ1v) is 13.5. The summed E-state index contributed by atoms with van der Waals surface area (Å²) in [5, 5.41) is 1.93. The number of fused-ring (bicyclic) bond motifs is 1. The van der Waals surface area contributed by atoms with E-state index < -0.39 is 0 Å². The van der Waals surface area contributed by atoms with Gasteiger partial charge in [0.2, 0.25) is 0 Å². The van der Waals surface area contributed by atoms with E-state index in [1.807, 2.05) is 66.6 Å². The molecule has 2 aromatic heterocycles. The van der Waals surface area contributed by atoms with Crippen LogP contribution in [0.15, 0.2) is 82.6 Å². The van der Waals surface area contributed by atoms with Gasteiger partial charge in [-0.3, -0.25) is 9.59 Å². The quantitative estimate of drug-likeness (QED) is 0.281. The summed E-state index contributed by atoms with van der Waals surface area (Å²) in [6.45, 7) is 6.01. The van der Waals surface area contributed by atoms with Crippen molar-refractivity contribution in [3.05, 3.63) is 111 Å². The highest BCUT2D eigenvalue weighted by atomic mass is 32.1. The molecule has 190 valence electrons. The maximum Gasteiger partial charge on any atom is 0.289 e. The molecule has 37 heavy (non-hydrogen) atoms. The van der Waals surface area contributed by atoms with Crippen molar-refractivity contribution in [2.24, 2.45) is 0 Å². The Morgan fingerprint density at radius 1 is 1.03 bits per heavy atom. The van der Waals surface area contributed by atoms with Crippen molar-refractivity contribution >= 4 is 23.2 Å². The van der Waals surface area contributed by atoms with Crippen molar-refractivity contribution in [2.75, 3.05) is 19.6 Å². The van der Waals surface area contributed by atoms with Crippen LogP contribution in [0.25, 0.3) is 0 Å². The molecule has 2 amide bonds. The number of thiophene rings is 1. The summed E-state index contributed by atoms with van der Waals surface area (Å²) in [6.07, 6.45) is 0.783. The van der Waals surface area contributed by atoms with Crippen LogP contribution in [0.3, 0.4) is 0 Å². The van der Waals surface area contributed by atoms with Gasteiger partial charge in [0.1, 0.15) is 18.1 Å². The van der Waals surface area contributed by atoms with Gasteiger partial charge in [0.15, 0.2) is 5.76 Å². The molecule has 1 aliphatic rings. The SMILES string of the molecule is CCN(CC)C(=O)c1ccc(COc2ccc3c(c2)C(c2ccccc2)N(C(=O)c2cccs2)CC3)o1. The molecule has 1 unspecified atom stereocenters. The van der Waals surface area contributed by atoms with Gasteiger partial charge >= 0.3 is 0 Å². The molecule has 0 spiro atoms. The third kappa shape index (κ3) is 5.18. The van der Waals surface area contributed by atoms with Crippen LogP contribution in [0, 0.1) is 0 Å². The number of carbonyl (C=O) groups is 2. The van der Waals surface area contributed by atoms with Crippen molar-refractivity contribution in [2.45, 2.75) is 32.9 Å². The van der Waals surface area contributed by atoms with Gasteiger partial charge in [-0.15, -0.1) is 11.3 Å². The predicted molar refractivity (Wildman–Crippen MR) is 144 cm³/mol. The van der Waals surface area contributed by atoms with Crippen LogP contribution >= 0.6 is 11.3 Å². The number of amides is 2. The lowest BCUT2D eigenvalue weighted by atomic mass is 9.88. The lowest BCUT2D eigenvalue weighted by Gasteiger charge is -2.37. The molecular weight excluding hydrogens is 484 g/mol. The number of hydrogen-bond donors (Lipinski definition) is 0. The number of carbonyl (C=O) groups excluding carboxylic acids is 2. The largest absolute Gasteiger partial charge is 0.486 e. The maximum atomic E-state index is 13.5. The van der Waals surface area contributed by atoms with E-state index in [0.717, 1.165) is 22.4 Å². The molecule has 5 rings (SSSR count). The van der Waals surface area contributed by atoms with E-state index in [1.165, 1.54) is 16.9 Å². The molecule has 4 aromatic rings. The van der Waals surface area contributed by atoms with Crippen LogP contribution in [0.4, 0.5) is 0 Å². The Balaban J connectivity index is 1.39. The lowest BCUT2D eigenvalue weighted by molar-refractivity contribution is 0.0697. The second kappa shape index (κ2) is 11.0. The highest BCUT2D eigenvalue weighted by Crippen LogP contribution is 2.38. The Kier molecular flexibility index (Phi) is 7.42. The minimum Gasteiger partial charge on any atom is -0.486 e. The zero-order valence-electron chi connectivity index (χ0n) is 21.1. The number of nitrogens with zero attached hydrogens (tertiary/aromatic N) is 2. The van der Waals surface area contributed by atoms with Crippen LogP contribution in [0.5, 0.6) is 5.75 Å². The Hall–Kier alpha value is -3.84. The minimum atomic E-state index is -0.204. The summed E-state index contributed by atoms with van der Waals surface area (Å²) in [5.41, 5.74) is 3.34. The molecule has 0 bridgehead atoms. The molecule has 1 aliphatic heterocycles. The van der Waals surface area contributed by atoms with E-state index in [0.29, 0.717) is 36.9 Å². The molecule has 6 nitrogen and oxygen atoms in total. The van der Waals surface area contributed by atoms with E-state index >= 15 is 0 Å². The van der Waals surface area contributed by atoms with Crippen LogP contribution < -0.4 is 4.74 Å². The van der Waals surface area contributed by atoms with Crippen molar-refractivity contribution in [1.82, 2.24) is 9.80 Å². The predicted octanol–water partition coefficient (Wildman–Crippen LogP) is 6.19. The third-order valence-corrected chi connectivity index (χ3v) is 7.62. The molecule has 1 atom stereocenters. The molecule has 0 saturated carbocycles. The standard InChI is InChI=1S/C30H30N2O4S/c1-3-31(4-2)29(33)26-15-14-24(36-26)20-35-23-13-12-21-16-17-32(30(34)27-11-8-18-37-27)28(25(21)19-23)22-9-6-5-7-10-22/h5-15,18-19,28H,3-4,16-17,20H2,1-2H3. The highest BCUT2D eigenvalue weighted by molar-refractivity contribution is 7.12. The summed E-state index contributed by atoms with van der Waals surface area (Å²) < 4.78 is 11.9. The average Bonchev–Trinajstić information content (AvgIpc) is 3.65. The molecule has 0 radical (unpaired) electrons. The minimum absolute atomic E-state index is 0.0433. The lowest BCUT2D eigenvalue weighted by Crippen LogP contribution is -2.40. The van der Waals surface area contributed by atoms with E-state index in [4.69, 9.17) is 9.15 Å². The zero-order valence-corrected chi connectivity index (χ0v) is 21.9. The maximum absolute atomic E-state index is 13.5. The molecule has 0 N–H and O–H groups in total. The Bertz CT molecular complexity index is 1360. The summed E-state index contributed by atoms with van der Waals surface area (Å²) in [7, 11) is 0. The summed E-state index contributed by atoms with van der Waals surface area (Å²) in [5.74, 6) is 1.52. The third-order valence-electron chi connectivity index (χ3n) is 6.76. The molecule has 3 heterocycles. The molecule has 0 saturated heterocycles. The first-order valence-electron chi connectivity index (χ1n) is 12.6. The zero-order chi connectivity index (χ0) is 25.8. The van der Waals surface area contributed by atoms with E-state index in [-0.39, 0.29) is 24.5 Å². The van der Waals surface area contributed by atoms with Gasteiger partial charge in [-0.2, -0.15) is 0 Å². The van der Waals surface area contributed by atoms with Crippen LogP contribution in [0.1, 0.15) is 62.6 Å². The first kappa shape index (κ1) is 24.8. The van der Waals surface area contributed by atoms with Crippen LogP contribution in [-0.2, 0) is 13.0 Å². The summed E-state index contributed by atoms with van der Waals surface area (Å²) in [6, 6.07) is 23.3. The fourth-order valence-electron chi connectivity index (χ4n) is 4.83. The van der Waals surface area contributed by atoms with E-state index in [9.17, 15) is 9.59 Å². The fourth-order valence-corrected chi connectivity index (χ4v) is 5.51. The normalized spacial score (nSPS) is 14.8. The Morgan fingerprint density at radius 2 is 1.84 bits per heavy atom. The number of rotatable bonds is 8. The second-order valence-corrected chi connectivity index (χ2v) is 9.88. The Morgan fingerprint density at radius 3 is 2.57 bits per heavy atom. The van der Waals surface area contributed by atoms with Crippen molar-refractivity contribution in [3.63, 3.8) is 0 Å². The second-order valence-electron chi connectivity index (χ2n) is 8.93. The Labute approximate surface area is 221 Å². The van der Waals surface area contributed by atoms with Crippen molar-refractivity contribution in [3.8, 4) is 5.75 Å². The van der Waals surface area contributed by atoms with Crippen molar-refractivity contribution in [1.29, 1.82) is 0 Å². The van der Waals surface area contributed by atoms with Gasteiger partial charge < -0.3 is 19.0 Å². The number of hydrogen-bond acceptors (Lipinski definition) is 5. The molecule has 0 fully saturated rings. The van der Waals surface area contributed by atoms with Gasteiger partial charge in [-0.1, -0.05) is 42.5 Å². The molecule has 7 heteroatoms. The van der Waals surface area contributed by atoms with E-state index in [1.54, 1.807) is 17.0 Å². The highest BCUT2D eigenvalue weighted by Gasteiger charge is 2.33. The monoisotopic (exact) mass is 514 g/mol. The summed E-state index contributed by atoms with van der Waals surface area (Å²) in [4.78, 5) is 30.4. The number of ether oxygens (including phenoxy) is 1. The van der Waals surface area contributed by atoms with Crippen LogP contribution in [-0.4, -0.2) is 41.2 Å². The number of furan rings is 1. The van der Waals surface area contributed by atoms with Gasteiger partial charge in [-0.05, 0) is 72.7 Å². The molecular formula is C30H30N2O4S. The topological polar surface area (TPSA) is 63.0 Å². The fraction of sp³-hybridized carbons (Fsp3) is 0.267. The number of benzene rings is 2. The smallest absolute Gasteiger partial charge is 0.289 e. The van der Waals surface area contributed by atoms with Crippen molar-refractivity contribution < 1.29 is 18.7 Å². The average molecular weight is 515 g/mol. The molecule has 2 aromatic carbocycles. The van der Waals surface area contributed by atoms with Gasteiger partial charge in [-0.25, -0.2) is 0 Å². The van der Waals surface area contributed by atoms with Gasteiger partial charge in [0, 0.05) is 19.6 Å². The molecule has 0 aliphatic carbocycles.